The predicted octanol–water partition coefficient (Wildman–Crippen LogP) is 4.74. The Morgan fingerprint density at radius 3 is 2.38 bits per heavy atom. The number of halogens is 4. The van der Waals surface area contributed by atoms with E-state index in [1.54, 1.807) is 0 Å². The SMILES string of the molecule is Fc1[c]cc(Cl)c(-c2cc(F)ccc2Cl)c1. The van der Waals surface area contributed by atoms with Gasteiger partial charge in [-0.05, 0) is 30.3 Å². The van der Waals surface area contributed by atoms with E-state index in [1.165, 1.54) is 30.3 Å². The van der Waals surface area contributed by atoms with Crippen LogP contribution in [0.3, 0.4) is 0 Å². The van der Waals surface area contributed by atoms with Crippen LogP contribution in [0.1, 0.15) is 0 Å². The Hall–Kier alpha value is -1.12. The fraction of sp³-hybridized carbons (Fsp3) is 0. The first kappa shape index (κ1) is 11.4. The average Bonchev–Trinajstić information content (AvgIpc) is 2.25. The van der Waals surface area contributed by atoms with Crippen LogP contribution in [0.15, 0.2) is 30.3 Å². The van der Waals surface area contributed by atoms with Crippen LogP contribution in [0.4, 0.5) is 8.78 Å². The molecule has 0 heterocycles. The van der Waals surface area contributed by atoms with Gasteiger partial charge in [0, 0.05) is 27.2 Å². The Bertz CT molecular complexity index is 489. The Morgan fingerprint density at radius 1 is 0.938 bits per heavy atom. The van der Waals surface area contributed by atoms with Crippen molar-refractivity contribution in [3.63, 3.8) is 0 Å². The van der Waals surface area contributed by atoms with Gasteiger partial charge in [-0.25, -0.2) is 8.78 Å². The Labute approximate surface area is 101 Å². The fourth-order valence-corrected chi connectivity index (χ4v) is 1.79. The Balaban J connectivity index is 2.66. The highest BCUT2D eigenvalue weighted by atomic mass is 35.5. The average molecular weight is 258 g/mol. The van der Waals surface area contributed by atoms with E-state index in [1.807, 2.05) is 0 Å². The van der Waals surface area contributed by atoms with Crippen LogP contribution >= 0.6 is 23.2 Å². The van der Waals surface area contributed by atoms with Crippen molar-refractivity contribution >= 4 is 23.2 Å². The van der Waals surface area contributed by atoms with Gasteiger partial charge in [0.15, 0.2) is 0 Å². The molecular formula is C12H5Cl2F2. The largest absolute Gasteiger partial charge is 0.207 e. The van der Waals surface area contributed by atoms with Gasteiger partial charge < -0.3 is 0 Å². The minimum atomic E-state index is -0.570. The van der Waals surface area contributed by atoms with Crippen LogP contribution in [-0.2, 0) is 0 Å². The van der Waals surface area contributed by atoms with Gasteiger partial charge in [0.2, 0.25) is 0 Å². The lowest BCUT2D eigenvalue weighted by Crippen LogP contribution is -1.85. The van der Waals surface area contributed by atoms with E-state index in [4.69, 9.17) is 23.2 Å². The monoisotopic (exact) mass is 257 g/mol. The first-order valence-corrected chi connectivity index (χ1v) is 5.15. The molecule has 0 aromatic heterocycles. The van der Waals surface area contributed by atoms with Crippen LogP contribution < -0.4 is 0 Å². The molecule has 0 N–H and O–H groups in total. The molecule has 0 aliphatic rings. The van der Waals surface area contributed by atoms with Gasteiger partial charge in [0.05, 0.1) is 0 Å². The zero-order valence-corrected chi connectivity index (χ0v) is 9.41. The van der Waals surface area contributed by atoms with Gasteiger partial charge in [-0.1, -0.05) is 23.2 Å². The molecule has 2 rings (SSSR count). The maximum absolute atomic E-state index is 13.1. The van der Waals surface area contributed by atoms with Crippen molar-refractivity contribution in [2.24, 2.45) is 0 Å². The van der Waals surface area contributed by atoms with Crippen LogP contribution in [0, 0.1) is 17.7 Å². The lowest BCUT2D eigenvalue weighted by Gasteiger charge is -2.06. The van der Waals surface area contributed by atoms with E-state index in [2.05, 4.69) is 6.07 Å². The van der Waals surface area contributed by atoms with E-state index in [0.29, 0.717) is 16.1 Å². The van der Waals surface area contributed by atoms with Crippen molar-refractivity contribution < 1.29 is 8.78 Å². The molecule has 4 heteroatoms. The smallest absolute Gasteiger partial charge is 0.131 e. The van der Waals surface area contributed by atoms with Crippen LogP contribution in [0.5, 0.6) is 0 Å². The summed E-state index contributed by atoms with van der Waals surface area (Å²) in [7, 11) is 0. The summed E-state index contributed by atoms with van der Waals surface area (Å²) in [4.78, 5) is 0. The van der Waals surface area contributed by atoms with Gasteiger partial charge in [-0.15, -0.1) is 0 Å². The molecule has 0 fully saturated rings. The van der Waals surface area contributed by atoms with E-state index in [0.717, 1.165) is 0 Å². The van der Waals surface area contributed by atoms with Gasteiger partial charge >= 0.3 is 0 Å². The minimum Gasteiger partial charge on any atom is -0.207 e. The minimum absolute atomic E-state index is 0.272. The first-order chi connectivity index (χ1) is 7.58. The number of hydrogen-bond donors (Lipinski definition) is 0. The third-order valence-corrected chi connectivity index (χ3v) is 2.73. The molecule has 0 saturated heterocycles. The summed E-state index contributed by atoms with van der Waals surface area (Å²) in [6.45, 7) is 0. The third kappa shape index (κ3) is 2.18. The van der Waals surface area contributed by atoms with E-state index in [9.17, 15) is 8.78 Å². The zero-order chi connectivity index (χ0) is 11.7. The zero-order valence-electron chi connectivity index (χ0n) is 7.90. The summed E-state index contributed by atoms with van der Waals surface area (Å²) >= 11 is 11.8. The first-order valence-electron chi connectivity index (χ1n) is 4.40. The second kappa shape index (κ2) is 4.40. The standard InChI is InChI=1S/C12H5Cl2F2/c13-11-3-1-7(15)5-9(11)10-6-8(16)2-4-12(10)14/h1,3-6H. The highest BCUT2D eigenvalue weighted by Gasteiger charge is 2.10. The fourth-order valence-electron chi connectivity index (χ4n) is 1.36. The van der Waals surface area contributed by atoms with Gasteiger partial charge in [-0.3, -0.25) is 0 Å². The van der Waals surface area contributed by atoms with Gasteiger partial charge in [-0.2, -0.15) is 0 Å². The molecule has 1 radical (unpaired) electrons. The molecule has 0 nitrogen and oxygen atoms in total. The second-order valence-corrected chi connectivity index (χ2v) is 3.98. The van der Waals surface area contributed by atoms with Crippen molar-refractivity contribution in [2.75, 3.05) is 0 Å². The van der Waals surface area contributed by atoms with Crippen molar-refractivity contribution in [2.45, 2.75) is 0 Å². The summed E-state index contributed by atoms with van der Waals surface area (Å²) < 4.78 is 26.1. The van der Waals surface area contributed by atoms with Crippen LogP contribution in [0.25, 0.3) is 11.1 Å². The van der Waals surface area contributed by atoms with Crippen molar-refractivity contribution in [3.05, 3.63) is 58.1 Å². The topological polar surface area (TPSA) is 0 Å². The molecule has 0 atom stereocenters. The summed E-state index contributed by atoms with van der Waals surface area (Å²) in [5, 5.41) is 0.586. The molecule has 0 spiro atoms. The molecule has 16 heavy (non-hydrogen) atoms. The normalized spacial score (nSPS) is 10.5. The van der Waals surface area contributed by atoms with E-state index in [-0.39, 0.29) is 5.02 Å². The molecule has 0 amide bonds. The Kier molecular flexibility index (Phi) is 3.13. The third-order valence-electron chi connectivity index (χ3n) is 2.08. The highest BCUT2D eigenvalue weighted by molar-refractivity contribution is 6.36. The lowest BCUT2D eigenvalue weighted by atomic mass is 10.1. The summed E-state index contributed by atoms with van der Waals surface area (Å²) in [5.41, 5.74) is 0.710. The molecule has 0 aliphatic heterocycles. The second-order valence-electron chi connectivity index (χ2n) is 3.17. The van der Waals surface area contributed by atoms with E-state index < -0.39 is 11.6 Å². The molecular weight excluding hydrogens is 253 g/mol. The maximum Gasteiger partial charge on any atom is 0.131 e. The molecule has 81 valence electrons. The van der Waals surface area contributed by atoms with Crippen molar-refractivity contribution in [3.8, 4) is 11.1 Å². The lowest BCUT2D eigenvalue weighted by molar-refractivity contribution is 0.624. The predicted molar refractivity (Wildman–Crippen MR) is 60.7 cm³/mol. The molecule has 2 aromatic rings. The van der Waals surface area contributed by atoms with Crippen molar-refractivity contribution in [1.82, 2.24) is 0 Å². The molecule has 0 aliphatic carbocycles. The Morgan fingerprint density at radius 2 is 1.62 bits per heavy atom. The maximum atomic E-state index is 13.1. The summed E-state index contributed by atoms with van der Waals surface area (Å²) in [5.74, 6) is -1.02. The molecule has 0 bridgehead atoms. The molecule has 0 saturated carbocycles. The molecule has 0 unspecified atom stereocenters. The van der Waals surface area contributed by atoms with E-state index >= 15 is 0 Å². The number of benzene rings is 2. The van der Waals surface area contributed by atoms with Crippen LogP contribution in [0.2, 0.25) is 10.0 Å². The number of rotatable bonds is 1. The molecule has 2 aromatic carbocycles. The van der Waals surface area contributed by atoms with Crippen LogP contribution in [-0.4, -0.2) is 0 Å². The number of hydrogen-bond acceptors (Lipinski definition) is 0. The van der Waals surface area contributed by atoms with Gasteiger partial charge in [0.25, 0.3) is 0 Å². The summed E-state index contributed by atoms with van der Waals surface area (Å²) in [6.07, 6.45) is 0. The van der Waals surface area contributed by atoms with Crippen molar-refractivity contribution in [1.29, 1.82) is 0 Å². The highest BCUT2D eigenvalue weighted by Crippen LogP contribution is 2.33. The van der Waals surface area contributed by atoms with Gasteiger partial charge in [0.1, 0.15) is 11.6 Å². The quantitative estimate of drug-likeness (QED) is 0.693. The summed E-state index contributed by atoms with van der Waals surface area (Å²) in [6, 6.07) is 8.60.